The molecule has 0 spiro atoms. The summed E-state index contributed by atoms with van der Waals surface area (Å²) in [5.41, 5.74) is 0.0112. The van der Waals surface area contributed by atoms with Crippen LogP contribution in [0.2, 0.25) is 0 Å². The number of hydrogen-bond acceptors (Lipinski definition) is 4. The highest BCUT2D eigenvalue weighted by molar-refractivity contribution is 5.77. The maximum absolute atomic E-state index is 12.9. The molecule has 2 amide bonds. The molecular formula is C27H43N3O3. The molecule has 0 radical (unpaired) electrons. The predicted octanol–water partition coefficient (Wildman–Crippen LogP) is 4.37. The Hall–Kier alpha value is -1.95. The molecule has 1 aromatic rings. The van der Waals surface area contributed by atoms with Gasteiger partial charge in [0.1, 0.15) is 0 Å². The molecule has 0 unspecified atom stereocenters. The van der Waals surface area contributed by atoms with Gasteiger partial charge in [0.15, 0.2) is 0 Å². The fraction of sp³-hybridized carbons (Fsp3) is 0.741. The van der Waals surface area contributed by atoms with Crippen molar-refractivity contribution in [1.29, 1.82) is 0 Å². The standard InChI is InChI=1S/C27H43N3O3/c1-24(2,3)16-23(32)30-21-15-25(4,5)20-14-26(6,33)11-12-27(20,21)10-9-22(31)29-18-19-8-7-13-28-17-19/h7-8,13,17,20-21,33H,9-12,14-16,18H2,1-6H3,(H,29,31)(H,30,32)/t20-,21-,26-,27-/m0/s1. The topological polar surface area (TPSA) is 91.3 Å². The molecule has 4 atom stereocenters. The van der Waals surface area contributed by atoms with E-state index in [0.29, 0.717) is 32.2 Å². The molecule has 3 N–H and O–H groups in total. The molecule has 2 aliphatic carbocycles. The van der Waals surface area contributed by atoms with Gasteiger partial charge in [0.05, 0.1) is 5.60 Å². The quantitative estimate of drug-likeness (QED) is 0.567. The third-order valence-electron chi connectivity index (χ3n) is 7.89. The van der Waals surface area contributed by atoms with Crippen LogP contribution in [0.4, 0.5) is 0 Å². The lowest BCUT2D eigenvalue weighted by Gasteiger charge is -2.51. The minimum atomic E-state index is -0.696. The Labute approximate surface area is 199 Å². The summed E-state index contributed by atoms with van der Waals surface area (Å²) in [6.45, 7) is 13.1. The minimum Gasteiger partial charge on any atom is -0.390 e. The van der Waals surface area contributed by atoms with Crippen molar-refractivity contribution in [3.05, 3.63) is 30.1 Å². The molecule has 2 fully saturated rings. The van der Waals surface area contributed by atoms with E-state index in [-0.39, 0.29) is 40.0 Å². The zero-order valence-electron chi connectivity index (χ0n) is 21.3. The first-order valence-electron chi connectivity index (χ1n) is 12.4. The van der Waals surface area contributed by atoms with E-state index in [4.69, 9.17) is 0 Å². The van der Waals surface area contributed by atoms with Crippen LogP contribution < -0.4 is 10.6 Å². The molecule has 1 heterocycles. The van der Waals surface area contributed by atoms with Gasteiger partial charge in [-0.3, -0.25) is 14.6 Å². The summed E-state index contributed by atoms with van der Waals surface area (Å²) in [6.07, 6.45) is 8.21. The highest BCUT2D eigenvalue weighted by Gasteiger charge is 2.61. The van der Waals surface area contributed by atoms with E-state index in [0.717, 1.165) is 24.8 Å². The van der Waals surface area contributed by atoms with Crippen molar-refractivity contribution >= 4 is 11.8 Å². The number of carbonyl (C=O) groups excluding carboxylic acids is 2. The van der Waals surface area contributed by atoms with E-state index in [1.54, 1.807) is 12.4 Å². The zero-order valence-corrected chi connectivity index (χ0v) is 21.3. The van der Waals surface area contributed by atoms with Crippen LogP contribution in [0, 0.1) is 22.2 Å². The summed E-state index contributed by atoms with van der Waals surface area (Å²) in [5, 5.41) is 17.3. The van der Waals surface area contributed by atoms with Gasteiger partial charge in [-0.25, -0.2) is 0 Å². The fourth-order valence-electron chi connectivity index (χ4n) is 6.30. The highest BCUT2D eigenvalue weighted by atomic mass is 16.3. The Morgan fingerprint density at radius 1 is 1.15 bits per heavy atom. The van der Waals surface area contributed by atoms with Gasteiger partial charge >= 0.3 is 0 Å². The van der Waals surface area contributed by atoms with Crippen LogP contribution in [0.25, 0.3) is 0 Å². The predicted molar refractivity (Wildman–Crippen MR) is 130 cm³/mol. The first-order chi connectivity index (χ1) is 15.2. The molecular weight excluding hydrogens is 414 g/mol. The molecule has 3 rings (SSSR count). The van der Waals surface area contributed by atoms with Gasteiger partial charge in [-0.05, 0) is 72.8 Å². The maximum atomic E-state index is 12.9. The number of amides is 2. The Morgan fingerprint density at radius 3 is 2.52 bits per heavy atom. The number of nitrogens with zero attached hydrogens (tertiary/aromatic N) is 1. The highest BCUT2D eigenvalue weighted by Crippen LogP contribution is 2.63. The lowest BCUT2D eigenvalue weighted by molar-refractivity contribution is -0.126. The van der Waals surface area contributed by atoms with Gasteiger partial charge in [-0.1, -0.05) is 40.7 Å². The van der Waals surface area contributed by atoms with Crippen LogP contribution in [0.3, 0.4) is 0 Å². The normalized spacial score (nSPS) is 31.0. The van der Waals surface area contributed by atoms with Crippen LogP contribution in [0.5, 0.6) is 0 Å². The van der Waals surface area contributed by atoms with Crippen molar-refractivity contribution in [2.75, 3.05) is 0 Å². The summed E-state index contributed by atoms with van der Waals surface area (Å²) in [6, 6.07) is 3.84. The summed E-state index contributed by atoms with van der Waals surface area (Å²) < 4.78 is 0. The summed E-state index contributed by atoms with van der Waals surface area (Å²) in [5.74, 6) is 0.357. The fourth-order valence-corrected chi connectivity index (χ4v) is 6.30. The number of hydrogen-bond donors (Lipinski definition) is 3. The molecule has 1 aromatic heterocycles. The number of carbonyl (C=O) groups is 2. The zero-order chi connectivity index (χ0) is 24.5. The van der Waals surface area contributed by atoms with Gasteiger partial charge in [0.25, 0.3) is 0 Å². The first-order valence-corrected chi connectivity index (χ1v) is 12.4. The van der Waals surface area contributed by atoms with Crippen molar-refractivity contribution in [2.24, 2.45) is 22.2 Å². The molecule has 6 nitrogen and oxygen atoms in total. The van der Waals surface area contributed by atoms with Gasteiger partial charge in [0, 0.05) is 37.8 Å². The number of pyridine rings is 1. The summed E-state index contributed by atoms with van der Waals surface area (Å²) in [4.78, 5) is 29.8. The van der Waals surface area contributed by atoms with Gasteiger partial charge in [0.2, 0.25) is 11.8 Å². The number of aliphatic hydroxyl groups is 1. The third kappa shape index (κ3) is 6.34. The molecule has 0 saturated heterocycles. The number of nitrogens with one attached hydrogen (secondary N) is 2. The smallest absolute Gasteiger partial charge is 0.220 e. The molecule has 184 valence electrons. The van der Waals surface area contributed by atoms with Crippen LogP contribution in [-0.4, -0.2) is 33.5 Å². The van der Waals surface area contributed by atoms with Crippen molar-refractivity contribution in [3.8, 4) is 0 Å². The molecule has 2 saturated carbocycles. The minimum absolute atomic E-state index is 0.0176. The Kier molecular flexibility index (Phi) is 7.28. The molecule has 33 heavy (non-hydrogen) atoms. The molecule has 0 bridgehead atoms. The van der Waals surface area contributed by atoms with Crippen LogP contribution >= 0.6 is 0 Å². The monoisotopic (exact) mass is 457 g/mol. The van der Waals surface area contributed by atoms with Crippen molar-refractivity contribution in [1.82, 2.24) is 15.6 Å². The molecule has 6 heteroatoms. The second kappa shape index (κ2) is 9.36. The second-order valence-corrected chi connectivity index (χ2v) is 12.7. The van der Waals surface area contributed by atoms with Gasteiger partial charge in [-0.2, -0.15) is 0 Å². The van der Waals surface area contributed by atoms with Gasteiger partial charge < -0.3 is 15.7 Å². The van der Waals surface area contributed by atoms with E-state index in [9.17, 15) is 14.7 Å². The number of rotatable bonds is 7. The lowest BCUT2D eigenvalue weighted by atomic mass is 9.57. The van der Waals surface area contributed by atoms with Crippen LogP contribution in [0.1, 0.15) is 92.1 Å². The van der Waals surface area contributed by atoms with E-state index < -0.39 is 5.60 Å². The van der Waals surface area contributed by atoms with E-state index in [2.05, 4.69) is 50.2 Å². The average Bonchev–Trinajstić information content (AvgIpc) is 2.90. The first kappa shape index (κ1) is 25.7. The summed E-state index contributed by atoms with van der Waals surface area (Å²) >= 11 is 0. The van der Waals surface area contributed by atoms with Crippen LogP contribution in [-0.2, 0) is 16.1 Å². The van der Waals surface area contributed by atoms with Crippen LogP contribution in [0.15, 0.2) is 24.5 Å². The largest absolute Gasteiger partial charge is 0.390 e. The summed E-state index contributed by atoms with van der Waals surface area (Å²) in [7, 11) is 0. The van der Waals surface area contributed by atoms with Crippen molar-refractivity contribution in [3.63, 3.8) is 0 Å². The van der Waals surface area contributed by atoms with E-state index in [1.165, 1.54) is 0 Å². The van der Waals surface area contributed by atoms with Crippen molar-refractivity contribution < 1.29 is 14.7 Å². The van der Waals surface area contributed by atoms with Crippen molar-refractivity contribution in [2.45, 2.75) is 105 Å². The third-order valence-corrected chi connectivity index (χ3v) is 7.89. The Bertz CT molecular complexity index is 844. The number of aromatic nitrogens is 1. The number of fused-ring (bicyclic) bond motifs is 1. The maximum Gasteiger partial charge on any atom is 0.220 e. The SMILES string of the molecule is CC(C)(C)CC(=O)N[C@H]1CC(C)(C)[C@@H]2C[C@@](C)(O)CC[C@]12CCC(=O)NCc1cccnc1. The van der Waals surface area contributed by atoms with E-state index >= 15 is 0 Å². The molecule has 2 aliphatic rings. The Balaban J connectivity index is 1.75. The molecule has 0 aliphatic heterocycles. The Morgan fingerprint density at radius 2 is 1.88 bits per heavy atom. The molecule has 0 aromatic carbocycles. The average molecular weight is 458 g/mol. The lowest BCUT2D eigenvalue weighted by Crippen LogP contribution is -2.53. The van der Waals surface area contributed by atoms with Gasteiger partial charge in [-0.15, -0.1) is 0 Å². The van der Waals surface area contributed by atoms with E-state index in [1.807, 2.05) is 19.1 Å². The second-order valence-electron chi connectivity index (χ2n) is 12.7.